The number of ether oxygens (including phenoxy) is 3. The molecule has 0 radical (unpaired) electrons. The lowest BCUT2D eigenvalue weighted by Gasteiger charge is -2.32. The first-order valence-electron chi connectivity index (χ1n) is 12.9. The van der Waals surface area contributed by atoms with Crippen LogP contribution in [0, 0.1) is 11.2 Å². The Balaban J connectivity index is 1.67. The average Bonchev–Trinajstić information content (AvgIpc) is 3.18. The number of aliphatic carboxylic acids is 1. The molecule has 5 nitrogen and oxygen atoms in total. The molecule has 38 heavy (non-hydrogen) atoms. The fraction of sp³-hybridized carbons (Fsp3) is 0.406. The summed E-state index contributed by atoms with van der Waals surface area (Å²) in [6, 6.07) is 16.6. The van der Waals surface area contributed by atoms with E-state index in [4.69, 9.17) is 14.2 Å². The second-order valence-electron chi connectivity index (χ2n) is 11.5. The van der Waals surface area contributed by atoms with Gasteiger partial charge in [-0.2, -0.15) is 0 Å². The summed E-state index contributed by atoms with van der Waals surface area (Å²) in [7, 11) is 3.23. The third-order valence-electron chi connectivity index (χ3n) is 7.51. The van der Waals surface area contributed by atoms with Gasteiger partial charge in [0, 0.05) is 18.1 Å². The highest BCUT2D eigenvalue weighted by atomic mass is 19.1. The SMILES string of the molecule is COc1ccc(F)c(-c2ccc(COc3ccc4c(c3)[C@@](C)(CC(=O)O)CC4)cc2[C@@H](OC)C(C)(C)C)c1. The van der Waals surface area contributed by atoms with Crippen LogP contribution in [0.3, 0.4) is 0 Å². The van der Waals surface area contributed by atoms with Gasteiger partial charge in [-0.15, -0.1) is 0 Å². The normalized spacial score (nSPS) is 17.7. The standard InChI is InChI=1S/C32H37FO5/c1-31(2,3)30(37-6)26-15-20(7-11-24(26)25-16-22(36-5)10-12-28(25)33)19-38-23-9-8-21-13-14-32(4,18-29(34)35)27(21)17-23/h7-12,15-17,30H,13-14,18-19H2,1-6H3,(H,34,35)/t30-,32-/m1/s1. The molecule has 2 atom stereocenters. The number of methoxy groups -OCH3 is 2. The Hall–Kier alpha value is -3.38. The van der Waals surface area contributed by atoms with Gasteiger partial charge < -0.3 is 19.3 Å². The lowest BCUT2D eigenvalue weighted by Crippen LogP contribution is -2.22. The molecule has 0 unspecified atom stereocenters. The van der Waals surface area contributed by atoms with Crippen molar-refractivity contribution >= 4 is 5.97 Å². The van der Waals surface area contributed by atoms with E-state index in [-0.39, 0.29) is 23.8 Å². The minimum atomic E-state index is -0.793. The van der Waals surface area contributed by atoms with Crippen LogP contribution in [0.2, 0.25) is 0 Å². The first-order valence-corrected chi connectivity index (χ1v) is 12.9. The zero-order valence-electron chi connectivity index (χ0n) is 23.1. The van der Waals surface area contributed by atoms with Crippen molar-refractivity contribution < 1.29 is 28.5 Å². The van der Waals surface area contributed by atoms with Crippen LogP contribution in [-0.4, -0.2) is 25.3 Å². The summed E-state index contributed by atoms with van der Waals surface area (Å²) in [4.78, 5) is 11.5. The van der Waals surface area contributed by atoms with Gasteiger partial charge in [-0.3, -0.25) is 4.79 Å². The van der Waals surface area contributed by atoms with Gasteiger partial charge in [0.05, 0.1) is 19.6 Å². The predicted octanol–water partition coefficient (Wildman–Crippen LogP) is 7.49. The molecule has 0 spiro atoms. The van der Waals surface area contributed by atoms with Crippen LogP contribution in [0.1, 0.15) is 68.9 Å². The maximum atomic E-state index is 15.0. The lowest BCUT2D eigenvalue weighted by atomic mass is 9.81. The molecule has 0 amide bonds. The average molecular weight is 521 g/mol. The predicted molar refractivity (Wildman–Crippen MR) is 146 cm³/mol. The molecule has 4 rings (SSSR count). The van der Waals surface area contributed by atoms with Crippen molar-refractivity contribution in [3.05, 3.63) is 82.7 Å². The Kier molecular flexibility index (Phi) is 7.84. The summed E-state index contributed by atoms with van der Waals surface area (Å²) in [6.45, 7) is 8.60. The molecular formula is C32H37FO5. The molecule has 3 aromatic carbocycles. The summed E-state index contributed by atoms with van der Waals surface area (Å²) in [5.74, 6) is 0.155. The number of carbonyl (C=O) groups is 1. The fourth-order valence-electron chi connectivity index (χ4n) is 5.60. The van der Waals surface area contributed by atoms with Gasteiger partial charge in [-0.25, -0.2) is 4.39 Å². The van der Waals surface area contributed by atoms with Crippen molar-refractivity contribution in [2.45, 2.75) is 65.1 Å². The molecule has 0 heterocycles. The topological polar surface area (TPSA) is 65.0 Å². The van der Waals surface area contributed by atoms with Crippen LogP contribution in [0.25, 0.3) is 11.1 Å². The first-order chi connectivity index (χ1) is 17.9. The zero-order chi connectivity index (χ0) is 27.7. The largest absolute Gasteiger partial charge is 0.497 e. The van der Waals surface area contributed by atoms with Crippen molar-refractivity contribution in [3.8, 4) is 22.6 Å². The monoisotopic (exact) mass is 520 g/mol. The minimum absolute atomic E-state index is 0.0975. The van der Waals surface area contributed by atoms with Crippen LogP contribution in [-0.2, 0) is 28.0 Å². The molecule has 0 saturated heterocycles. The Morgan fingerprint density at radius 2 is 1.76 bits per heavy atom. The molecule has 0 bridgehead atoms. The van der Waals surface area contributed by atoms with Crippen molar-refractivity contribution in [1.29, 1.82) is 0 Å². The van der Waals surface area contributed by atoms with E-state index in [9.17, 15) is 14.3 Å². The second-order valence-corrected chi connectivity index (χ2v) is 11.5. The van der Waals surface area contributed by atoms with Crippen molar-refractivity contribution in [1.82, 2.24) is 0 Å². The summed E-state index contributed by atoms with van der Waals surface area (Å²) in [5.41, 5.74) is 4.59. The first kappa shape index (κ1) is 27.6. The third-order valence-corrected chi connectivity index (χ3v) is 7.51. The molecule has 0 saturated carbocycles. The highest BCUT2D eigenvalue weighted by Gasteiger charge is 2.36. The van der Waals surface area contributed by atoms with Crippen LogP contribution >= 0.6 is 0 Å². The Labute approximate surface area is 224 Å². The highest BCUT2D eigenvalue weighted by Crippen LogP contribution is 2.44. The lowest BCUT2D eigenvalue weighted by molar-refractivity contribution is -0.138. The van der Waals surface area contributed by atoms with E-state index < -0.39 is 11.4 Å². The molecule has 0 aromatic heterocycles. The number of rotatable bonds is 9. The smallest absolute Gasteiger partial charge is 0.304 e. The molecule has 6 heteroatoms. The zero-order valence-corrected chi connectivity index (χ0v) is 23.1. The van der Waals surface area contributed by atoms with Gasteiger partial charge in [-0.1, -0.05) is 45.9 Å². The van der Waals surface area contributed by atoms with Crippen molar-refractivity contribution in [2.75, 3.05) is 14.2 Å². The Bertz CT molecular complexity index is 1330. The molecule has 3 aromatic rings. The summed E-state index contributed by atoms with van der Waals surface area (Å²) >= 11 is 0. The number of carboxylic acid groups (broad SMARTS) is 1. The van der Waals surface area contributed by atoms with Crippen molar-refractivity contribution in [3.63, 3.8) is 0 Å². The van der Waals surface area contributed by atoms with Crippen LogP contribution < -0.4 is 9.47 Å². The number of hydrogen-bond donors (Lipinski definition) is 1. The number of hydrogen-bond acceptors (Lipinski definition) is 4. The number of carboxylic acids is 1. The molecule has 202 valence electrons. The van der Waals surface area contributed by atoms with E-state index in [0.717, 1.165) is 35.1 Å². The van der Waals surface area contributed by atoms with Gasteiger partial charge in [-0.05, 0) is 82.5 Å². The quantitative estimate of drug-likeness (QED) is 0.317. The van der Waals surface area contributed by atoms with E-state index in [2.05, 4.69) is 20.8 Å². The van der Waals surface area contributed by atoms with Crippen LogP contribution in [0.15, 0.2) is 54.6 Å². The highest BCUT2D eigenvalue weighted by molar-refractivity contribution is 5.71. The van der Waals surface area contributed by atoms with Gasteiger partial charge >= 0.3 is 5.97 Å². The third kappa shape index (κ3) is 5.70. The fourth-order valence-corrected chi connectivity index (χ4v) is 5.60. The minimum Gasteiger partial charge on any atom is -0.497 e. The number of halogens is 1. The number of benzene rings is 3. The van der Waals surface area contributed by atoms with Crippen LogP contribution in [0.4, 0.5) is 4.39 Å². The molecule has 0 aliphatic heterocycles. The molecule has 0 fully saturated rings. The number of aryl methyl sites for hydroxylation is 1. The van der Waals surface area contributed by atoms with Gasteiger partial charge in [0.2, 0.25) is 0 Å². The molecular weight excluding hydrogens is 483 g/mol. The molecule has 1 N–H and O–H groups in total. The second kappa shape index (κ2) is 10.8. The van der Waals surface area contributed by atoms with Gasteiger partial charge in [0.25, 0.3) is 0 Å². The summed E-state index contributed by atoms with van der Waals surface area (Å²) in [5, 5.41) is 9.41. The molecule has 1 aliphatic rings. The van der Waals surface area contributed by atoms with Crippen molar-refractivity contribution in [2.24, 2.45) is 5.41 Å². The number of fused-ring (bicyclic) bond motifs is 1. The summed E-state index contributed by atoms with van der Waals surface area (Å²) < 4.78 is 32.5. The van der Waals surface area contributed by atoms with Gasteiger partial charge in [0.1, 0.15) is 23.9 Å². The van der Waals surface area contributed by atoms with E-state index in [1.54, 1.807) is 26.4 Å². The Morgan fingerprint density at radius 1 is 1.03 bits per heavy atom. The van der Waals surface area contributed by atoms with E-state index >= 15 is 0 Å². The maximum Gasteiger partial charge on any atom is 0.304 e. The van der Waals surface area contributed by atoms with E-state index in [1.165, 1.54) is 11.6 Å². The van der Waals surface area contributed by atoms with E-state index in [1.807, 2.05) is 43.3 Å². The Morgan fingerprint density at radius 3 is 2.42 bits per heavy atom. The van der Waals surface area contributed by atoms with E-state index in [0.29, 0.717) is 23.7 Å². The maximum absolute atomic E-state index is 15.0. The van der Waals surface area contributed by atoms with Crippen LogP contribution in [0.5, 0.6) is 11.5 Å². The van der Waals surface area contributed by atoms with Gasteiger partial charge in [0.15, 0.2) is 0 Å². The summed E-state index contributed by atoms with van der Waals surface area (Å²) in [6.07, 6.45) is 1.49. The molecule has 1 aliphatic carbocycles.